The van der Waals surface area contributed by atoms with E-state index >= 15 is 0 Å². The third-order valence-electron chi connectivity index (χ3n) is 1.98. The molecule has 2 aromatic rings. The zero-order valence-corrected chi connectivity index (χ0v) is 10.4. The summed E-state index contributed by atoms with van der Waals surface area (Å²) in [6.45, 7) is 0. The Morgan fingerprint density at radius 3 is 2.79 bits per heavy atom. The Kier molecular flexibility index (Phi) is 2.95. The quantitative estimate of drug-likeness (QED) is 0.631. The van der Waals surface area contributed by atoms with E-state index in [0.717, 1.165) is 9.96 Å². The van der Waals surface area contributed by atoms with Crippen molar-refractivity contribution in [1.82, 2.24) is 0 Å². The predicted molar refractivity (Wildman–Crippen MR) is 67.4 cm³/mol. The van der Waals surface area contributed by atoms with Gasteiger partial charge in [0.05, 0.1) is 11.8 Å². The highest BCUT2D eigenvalue weighted by Crippen LogP contribution is 2.37. The minimum atomic E-state index is 0.938. The molecule has 0 saturated heterocycles. The molecule has 0 saturated carbocycles. The second-order valence-electron chi connectivity index (χ2n) is 2.83. The van der Waals surface area contributed by atoms with Gasteiger partial charge in [0, 0.05) is 9.79 Å². The van der Waals surface area contributed by atoms with Gasteiger partial charge in [0.25, 0.3) is 0 Å². The maximum atomic E-state index is 5.21. The lowest BCUT2D eigenvalue weighted by atomic mass is 10.3. The highest BCUT2D eigenvalue weighted by molar-refractivity contribution is 7.98. The first-order valence-electron chi connectivity index (χ1n) is 4.09. The van der Waals surface area contributed by atoms with Crippen LogP contribution in [0, 0.1) is 0 Å². The maximum Gasteiger partial charge on any atom is 0.174 e. The van der Waals surface area contributed by atoms with Crippen LogP contribution >= 0.6 is 35.7 Å². The van der Waals surface area contributed by atoms with E-state index < -0.39 is 0 Å². The van der Waals surface area contributed by atoms with Gasteiger partial charge in [-0.05, 0) is 29.8 Å². The van der Waals surface area contributed by atoms with Crippen molar-refractivity contribution in [3.8, 4) is 5.06 Å². The SMILES string of the molecule is COc1cc2cc(SC)cc(S)c2s1. The number of hydrogen-bond acceptors (Lipinski definition) is 4. The molecule has 74 valence electrons. The number of thioether (sulfide) groups is 1. The number of benzene rings is 1. The van der Waals surface area contributed by atoms with Gasteiger partial charge >= 0.3 is 0 Å². The largest absolute Gasteiger partial charge is 0.487 e. The molecule has 0 spiro atoms. The van der Waals surface area contributed by atoms with Gasteiger partial charge in [0.2, 0.25) is 0 Å². The van der Waals surface area contributed by atoms with Gasteiger partial charge in [-0.2, -0.15) is 0 Å². The lowest BCUT2D eigenvalue weighted by molar-refractivity contribution is 0.427. The van der Waals surface area contributed by atoms with Crippen molar-refractivity contribution < 1.29 is 4.74 Å². The molecule has 1 aromatic heterocycles. The van der Waals surface area contributed by atoms with Gasteiger partial charge in [-0.15, -0.1) is 24.4 Å². The molecule has 0 atom stereocenters. The van der Waals surface area contributed by atoms with E-state index in [4.69, 9.17) is 4.74 Å². The molecule has 1 aromatic carbocycles. The standard InChI is InChI=1S/C10H10OS3/c1-11-9-4-6-3-7(13-2)5-8(12)10(6)14-9/h3-5,12H,1-2H3. The van der Waals surface area contributed by atoms with Crippen LogP contribution in [0.25, 0.3) is 10.1 Å². The summed E-state index contributed by atoms with van der Waals surface area (Å²) in [6.07, 6.45) is 2.07. The summed E-state index contributed by atoms with van der Waals surface area (Å²) in [4.78, 5) is 2.27. The Balaban J connectivity index is 2.67. The van der Waals surface area contributed by atoms with Crippen LogP contribution in [0.3, 0.4) is 0 Å². The van der Waals surface area contributed by atoms with E-state index in [1.54, 1.807) is 30.2 Å². The molecule has 0 fully saturated rings. The number of ether oxygens (including phenoxy) is 1. The second-order valence-corrected chi connectivity index (χ2v) is 5.21. The van der Waals surface area contributed by atoms with E-state index in [2.05, 4.69) is 37.1 Å². The minimum Gasteiger partial charge on any atom is -0.487 e. The molecule has 0 amide bonds. The van der Waals surface area contributed by atoms with Crippen molar-refractivity contribution in [2.75, 3.05) is 13.4 Å². The highest BCUT2D eigenvalue weighted by Gasteiger charge is 2.06. The van der Waals surface area contributed by atoms with Crippen LogP contribution < -0.4 is 4.74 Å². The van der Waals surface area contributed by atoms with Crippen molar-refractivity contribution in [3.05, 3.63) is 18.2 Å². The van der Waals surface area contributed by atoms with E-state index in [-0.39, 0.29) is 0 Å². The van der Waals surface area contributed by atoms with Gasteiger partial charge < -0.3 is 4.74 Å². The summed E-state index contributed by atoms with van der Waals surface area (Å²) in [5, 5.41) is 2.15. The van der Waals surface area contributed by atoms with Gasteiger partial charge in [-0.3, -0.25) is 0 Å². The van der Waals surface area contributed by atoms with Crippen molar-refractivity contribution in [2.24, 2.45) is 0 Å². The maximum absolute atomic E-state index is 5.21. The first-order chi connectivity index (χ1) is 6.74. The lowest BCUT2D eigenvalue weighted by Crippen LogP contribution is -1.73. The first kappa shape index (κ1) is 10.2. The normalized spacial score (nSPS) is 10.8. The fourth-order valence-electron chi connectivity index (χ4n) is 1.30. The average molecular weight is 242 g/mol. The third-order valence-corrected chi connectivity index (χ3v) is 4.34. The van der Waals surface area contributed by atoms with Crippen LogP contribution in [0.2, 0.25) is 0 Å². The van der Waals surface area contributed by atoms with Gasteiger partial charge in [0.15, 0.2) is 5.06 Å². The second kappa shape index (κ2) is 4.04. The number of thiophene rings is 1. The van der Waals surface area contributed by atoms with Crippen LogP contribution in [-0.4, -0.2) is 13.4 Å². The summed E-state index contributed by atoms with van der Waals surface area (Å²) >= 11 is 7.83. The molecule has 14 heavy (non-hydrogen) atoms. The van der Waals surface area contributed by atoms with Crippen LogP contribution in [0.1, 0.15) is 0 Å². The Morgan fingerprint density at radius 2 is 2.14 bits per heavy atom. The van der Waals surface area contributed by atoms with Gasteiger partial charge in [-0.25, -0.2) is 0 Å². The molecule has 0 aliphatic heterocycles. The molecule has 0 aliphatic rings. The molecule has 4 heteroatoms. The number of rotatable bonds is 2. The monoisotopic (exact) mass is 242 g/mol. The topological polar surface area (TPSA) is 9.23 Å². The van der Waals surface area contributed by atoms with Crippen molar-refractivity contribution in [2.45, 2.75) is 9.79 Å². The third kappa shape index (κ3) is 1.74. The van der Waals surface area contributed by atoms with Crippen molar-refractivity contribution in [3.63, 3.8) is 0 Å². The molecule has 0 bridgehead atoms. The number of hydrogen-bond donors (Lipinski definition) is 1. The molecule has 2 rings (SSSR count). The van der Waals surface area contributed by atoms with E-state index in [1.807, 2.05) is 0 Å². The molecular weight excluding hydrogens is 232 g/mol. The fourth-order valence-corrected chi connectivity index (χ4v) is 3.15. The molecule has 0 aliphatic carbocycles. The predicted octanol–water partition coefficient (Wildman–Crippen LogP) is 3.92. The smallest absolute Gasteiger partial charge is 0.174 e. The molecule has 0 radical (unpaired) electrons. The summed E-state index contributed by atoms with van der Waals surface area (Å²) in [5.74, 6) is 0. The summed E-state index contributed by atoms with van der Waals surface area (Å²) in [7, 11) is 1.69. The Bertz CT molecular complexity index is 462. The van der Waals surface area contributed by atoms with Crippen LogP contribution in [-0.2, 0) is 0 Å². The van der Waals surface area contributed by atoms with Gasteiger partial charge in [0.1, 0.15) is 0 Å². The average Bonchev–Trinajstić information content (AvgIpc) is 2.61. The minimum absolute atomic E-state index is 0.938. The lowest BCUT2D eigenvalue weighted by Gasteiger charge is -1.98. The van der Waals surface area contributed by atoms with E-state index in [1.165, 1.54) is 15.0 Å². The van der Waals surface area contributed by atoms with Gasteiger partial charge in [-0.1, -0.05) is 11.3 Å². The van der Waals surface area contributed by atoms with Crippen LogP contribution in [0.5, 0.6) is 5.06 Å². The molecule has 0 N–H and O–H groups in total. The first-order valence-corrected chi connectivity index (χ1v) is 6.58. The number of methoxy groups -OCH3 is 1. The highest BCUT2D eigenvalue weighted by atomic mass is 32.2. The van der Waals surface area contributed by atoms with Crippen LogP contribution in [0.4, 0.5) is 0 Å². The fraction of sp³-hybridized carbons (Fsp3) is 0.200. The summed E-state index contributed by atoms with van der Waals surface area (Å²) in [5.41, 5.74) is 0. The number of fused-ring (bicyclic) bond motifs is 1. The zero-order chi connectivity index (χ0) is 10.1. The Morgan fingerprint density at radius 1 is 1.36 bits per heavy atom. The summed E-state index contributed by atoms with van der Waals surface area (Å²) < 4.78 is 6.40. The van der Waals surface area contributed by atoms with Crippen LogP contribution in [0.15, 0.2) is 28.0 Å². The Labute approximate surface area is 96.9 Å². The zero-order valence-electron chi connectivity index (χ0n) is 7.90. The molecule has 1 heterocycles. The molecule has 1 nitrogen and oxygen atoms in total. The van der Waals surface area contributed by atoms with Crippen molar-refractivity contribution in [1.29, 1.82) is 0 Å². The number of thiol groups is 1. The summed E-state index contributed by atoms with van der Waals surface area (Å²) in [6, 6.07) is 6.31. The van der Waals surface area contributed by atoms with E-state index in [9.17, 15) is 0 Å². The Hall–Kier alpha value is -0.320. The molecule has 0 unspecified atom stereocenters. The van der Waals surface area contributed by atoms with E-state index in [0.29, 0.717) is 0 Å². The van der Waals surface area contributed by atoms with Crippen molar-refractivity contribution >= 4 is 45.8 Å². The molecular formula is C10H10OS3.